The van der Waals surface area contributed by atoms with E-state index in [1.54, 1.807) is 35.7 Å². The standard InChI is InChI=1S/C30H31ClN8O/c1-19-5-4-6-28(25-11-21(9-10-33-25)30-26(34-14-19)16-36-37(30)3)39-18-35-24(13-29(39)40)23-12-22(31)7-8-27(23)38-17-32-15-20(38)2/h7-13,15-19,28,34H,4-6,14H2,1-3H3/t19-,28+/m1/s1. The first kappa shape index (κ1) is 26.0. The van der Waals surface area contributed by atoms with Crippen LogP contribution in [0.15, 0.2) is 72.4 Å². The number of aromatic nitrogens is 7. The molecular formula is C30H31ClN8O. The number of rotatable bonds is 3. The molecule has 0 aliphatic carbocycles. The number of halogens is 1. The third-order valence-electron chi connectivity index (χ3n) is 7.64. The number of aryl methyl sites for hydroxylation is 2. The number of hydrogen-bond donors (Lipinski definition) is 1. The molecule has 1 aromatic carbocycles. The van der Waals surface area contributed by atoms with Crippen molar-refractivity contribution >= 4 is 17.3 Å². The van der Waals surface area contributed by atoms with Gasteiger partial charge in [0, 0.05) is 53.9 Å². The molecule has 40 heavy (non-hydrogen) atoms. The Kier molecular flexibility index (Phi) is 6.98. The quantitative estimate of drug-likeness (QED) is 0.308. The maximum absolute atomic E-state index is 13.7. The molecule has 5 heterocycles. The molecule has 4 aromatic heterocycles. The zero-order chi connectivity index (χ0) is 27.8. The minimum absolute atomic E-state index is 0.140. The first-order chi connectivity index (χ1) is 19.4. The molecule has 1 aliphatic heterocycles. The predicted octanol–water partition coefficient (Wildman–Crippen LogP) is 5.67. The van der Waals surface area contributed by atoms with Crippen LogP contribution in [0.25, 0.3) is 28.2 Å². The Hall–Kier alpha value is -4.24. The largest absolute Gasteiger partial charge is 0.382 e. The first-order valence-electron chi connectivity index (χ1n) is 13.5. The minimum atomic E-state index is -0.250. The van der Waals surface area contributed by atoms with Gasteiger partial charge in [0.15, 0.2) is 0 Å². The number of imidazole rings is 1. The monoisotopic (exact) mass is 554 g/mol. The third-order valence-corrected chi connectivity index (χ3v) is 7.87. The fourth-order valence-electron chi connectivity index (χ4n) is 5.49. The second-order valence-electron chi connectivity index (χ2n) is 10.5. The highest BCUT2D eigenvalue weighted by molar-refractivity contribution is 6.31. The number of benzene rings is 1. The van der Waals surface area contributed by atoms with Gasteiger partial charge in [0.25, 0.3) is 5.56 Å². The highest BCUT2D eigenvalue weighted by Gasteiger charge is 2.22. The Morgan fingerprint density at radius 3 is 2.73 bits per heavy atom. The average Bonchev–Trinajstić information content (AvgIpc) is 3.54. The molecule has 0 spiro atoms. The fourth-order valence-corrected chi connectivity index (χ4v) is 5.66. The van der Waals surface area contributed by atoms with Gasteiger partial charge in [0.2, 0.25) is 0 Å². The smallest absolute Gasteiger partial charge is 0.254 e. The highest BCUT2D eigenvalue weighted by Crippen LogP contribution is 2.33. The van der Waals surface area contributed by atoms with E-state index in [9.17, 15) is 4.79 Å². The Morgan fingerprint density at radius 1 is 1.05 bits per heavy atom. The van der Waals surface area contributed by atoms with E-state index in [4.69, 9.17) is 21.6 Å². The van der Waals surface area contributed by atoms with Crippen molar-refractivity contribution in [2.45, 2.75) is 39.2 Å². The summed E-state index contributed by atoms with van der Waals surface area (Å²) in [4.78, 5) is 27.5. The van der Waals surface area contributed by atoms with Crippen LogP contribution in [0.3, 0.4) is 0 Å². The van der Waals surface area contributed by atoms with Crippen LogP contribution in [-0.4, -0.2) is 40.4 Å². The lowest BCUT2D eigenvalue weighted by Gasteiger charge is -2.22. The molecule has 0 saturated heterocycles. The molecular weight excluding hydrogens is 524 g/mol. The van der Waals surface area contributed by atoms with Crippen molar-refractivity contribution in [2.75, 3.05) is 11.9 Å². The number of nitrogens with one attached hydrogen (secondary N) is 1. The van der Waals surface area contributed by atoms with E-state index in [2.05, 4.69) is 28.4 Å². The molecule has 0 amide bonds. The second kappa shape index (κ2) is 10.7. The van der Waals surface area contributed by atoms with Crippen molar-refractivity contribution in [3.63, 3.8) is 0 Å². The summed E-state index contributed by atoms with van der Waals surface area (Å²) >= 11 is 6.38. The summed E-state index contributed by atoms with van der Waals surface area (Å²) in [5, 5.41) is 8.63. The number of nitrogens with zero attached hydrogens (tertiary/aromatic N) is 7. The molecule has 0 radical (unpaired) electrons. The minimum Gasteiger partial charge on any atom is -0.382 e. The summed E-state index contributed by atoms with van der Waals surface area (Å²) in [6.45, 7) is 5.08. The van der Waals surface area contributed by atoms with E-state index in [1.165, 1.54) is 0 Å². The van der Waals surface area contributed by atoms with Crippen molar-refractivity contribution < 1.29 is 0 Å². The summed E-state index contributed by atoms with van der Waals surface area (Å²) in [5.41, 5.74) is 6.84. The van der Waals surface area contributed by atoms with Crippen molar-refractivity contribution in [3.05, 3.63) is 94.4 Å². The van der Waals surface area contributed by atoms with E-state index in [0.29, 0.717) is 16.6 Å². The van der Waals surface area contributed by atoms with Crippen LogP contribution in [0.5, 0.6) is 0 Å². The van der Waals surface area contributed by atoms with Crippen molar-refractivity contribution in [2.24, 2.45) is 13.0 Å². The number of hydrogen-bond acceptors (Lipinski definition) is 6. The second-order valence-corrected chi connectivity index (χ2v) is 11.0. The Labute approximate surface area is 237 Å². The topological polar surface area (TPSA) is 95.5 Å². The van der Waals surface area contributed by atoms with Crippen molar-refractivity contribution in [1.82, 2.24) is 33.9 Å². The lowest BCUT2D eigenvalue weighted by molar-refractivity contribution is 0.443. The first-order valence-corrected chi connectivity index (χ1v) is 13.9. The van der Waals surface area contributed by atoms with E-state index in [-0.39, 0.29) is 11.6 Å². The molecule has 1 N–H and O–H groups in total. The molecule has 2 bridgehead atoms. The van der Waals surface area contributed by atoms with Gasteiger partial charge in [-0.25, -0.2) is 9.97 Å². The van der Waals surface area contributed by atoms with Gasteiger partial charge in [0.1, 0.15) is 0 Å². The Bertz CT molecular complexity index is 1740. The van der Waals surface area contributed by atoms with Gasteiger partial charge < -0.3 is 9.88 Å². The lowest BCUT2D eigenvalue weighted by Crippen LogP contribution is -2.26. The molecule has 10 heteroatoms. The predicted molar refractivity (Wildman–Crippen MR) is 157 cm³/mol. The zero-order valence-corrected chi connectivity index (χ0v) is 23.5. The van der Waals surface area contributed by atoms with Gasteiger partial charge in [0.05, 0.1) is 53.3 Å². The van der Waals surface area contributed by atoms with E-state index >= 15 is 0 Å². The molecule has 2 atom stereocenters. The zero-order valence-electron chi connectivity index (χ0n) is 22.8. The molecule has 6 rings (SSSR count). The lowest BCUT2D eigenvalue weighted by atomic mass is 9.97. The van der Waals surface area contributed by atoms with Crippen molar-refractivity contribution in [3.8, 4) is 28.2 Å². The van der Waals surface area contributed by atoms with Gasteiger partial charge in [-0.3, -0.25) is 19.0 Å². The summed E-state index contributed by atoms with van der Waals surface area (Å²) in [6.07, 6.45) is 11.6. The maximum atomic E-state index is 13.7. The Balaban J connectivity index is 1.43. The maximum Gasteiger partial charge on any atom is 0.254 e. The van der Waals surface area contributed by atoms with Crippen LogP contribution in [0, 0.1) is 12.8 Å². The van der Waals surface area contributed by atoms with Gasteiger partial charge in [-0.05, 0) is 56.0 Å². The molecule has 1 aliphatic rings. The van der Waals surface area contributed by atoms with Gasteiger partial charge in [-0.1, -0.05) is 24.9 Å². The van der Waals surface area contributed by atoms with Crippen LogP contribution in [0.2, 0.25) is 5.02 Å². The van der Waals surface area contributed by atoms with Crippen LogP contribution in [-0.2, 0) is 7.05 Å². The molecule has 0 saturated carbocycles. The number of anilines is 1. The van der Waals surface area contributed by atoms with Crippen LogP contribution in [0.4, 0.5) is 5.69 Å². The summed E-state index contributed by atoms with van der Waals surface area (Å²) < 4.78 is 5.55. The number of fused-ring (bicyclic) bond motifs is 4. The Morgan fingerprint density at radius 2 is 1.93 bits per heavy atom. The van der Waals surface area contributed by atoms with Gasteiger partial charge >= 0.3 is 0 Å². The average molecular weight is 555 g/mol. The van der Waals surface area contributed by atoms with Crippen molar-refractivity contribution in [1.29, 1.82) is 0 Å². The molecule has 5 aromatic rings. The molecule has 0 unspecified atom stereocenters. The molecule has 204 valence electrons. The third kappa shape index (κ3) is 4.93. The highest BCUT2D eigenvalue weighted by atomic mass is 35.5. The van der Waals surface area contributed by atoms with Crippen LogP contribution >= 0.6 is 11.6 Å². The number of pyridine rings is 1. The van der Waals surface area contributed by atoms with Gasteiger partial charge in [-0.2, -0.15) is 5.10 Å². The van der Waals surface area contributed by atoms with Crippen LogP contribution in [0.1, 0.15) is 43.6 Å². The summed E-state index contributed by atoms with van der Waals surface area (Å²) in [6, 6.07) is 11.0. The van der Waals surface area contributed by atoms with Gasteiger partial charge in [-0.15, -0.1) is 0 Å². The summed E-state index contributed by atoms with van der Waals surface area (Å²) in [7, 11) is 1.94. The molecule has 0 fully saturated rings. The van der Waals surface area contributed by atoms with E-state index < -0.39 is 0 Å². The fraction of sp³-hybridized carbons (Fsp3) is 0.300. The SMILES string of the molecule is Cc1cncn1-c1ccc(Cl)cc1-c1cc(=O)n([C@H]2CCC[C@@H](C)CNc3cnn(C)c3-c3ccnc2c3)cn1. The van der Waals surface area contributed by atoms with E-state index in [1.807, 2.05) is 53.7 Å². The summed E-state index contributed by atoms with van der Waals surface area (Å²) in [5.74, 6) is 0.463. The van der Waals surface area contributed by atoms with E-state index in [0.717, 1.165) is 65.4 Å². The molecule has 9 nitrogen and oxygen atoms in total. The normalized spacial score (nSPS) is 17.4. The van der Waals surface area contributed by atoms with Crippen LogP contribution < -0.4 is 10.9 Å².